The molecule has 1 fully saturated rings. The summed E-state index contributed by atoms with van der Waals surface area (Å²) in [6, 6.07) is 1.95. The zero-order chi connectivity index (χ0) is 8.77. The second-order valence-corrected chi connectivity index (χ2v) is 4.29. The lowest BCUT2D eigenvalue weighted by molar-refractivity contribution is 0.329. The molecule has 64 valence electrons. The Labute approximate surface area is 84.0 Å². The highest BCUT2D eigenvalue weighted by molar-refractivity contribution is 9.10. The van der Waals surface area contributed by atoms with Gasteiger partial charge in [0.25, 0.3) is 0 Å². The van der Waals surface area contributed by atoms with Gasteiger partial charge in [0.05, 0.1) is 6.61 Å². The van der Waals surface area contributed by atoms with E-state index < -0.39 is 0 Å². The third-order valence-corrected chi connectivity index (χ3v) is 2.69. The summed E-state index contributed by atoms with van der Waals surface area (Å²) in [5.74, 6) is 0. The second-order valence-electron chi connectivity index (χ2n) is 3.01. The lowest BCUT2D eigenvalue weighted by Crippen LogP contribution is -2.03. The minimum atomic E-state index is -0.201. The minimum Gasteiger partial charge on any atom is -0.365 e. The maximum Gasteiger partial charge on any atom is 0.135 e. The zero-order valence-electron chi connectivity index (χ0n) is 6.47. The van der Waals surface area contributed by atoms with Crippen LogP contribution in [0.5, 0.6) is 0 Å². The summed E-state index contributed by atoms with van der Waals surface area (Å²) in [4.78, 5) is 4.02. The van der Waals surface area contributed by atoms with E-state index in [-0.39, 0.29) is 5.60 Å². The fourth-order valence-electron chi connectivity index (χ4n) is 1.06. The molecule has 1 aromatic heterocycles. The van der Waals surface area contributed by atoms with Gasteiger partial charge in [-0.3, -0.25) is 0 Å². The normalized spacial score (nSPS) is 27.2. The number of pyridine rings is 1. The molecule has 2 rings (SSSR count). The molecule has 0 N–H and O–H groups in total. The maximum absolute atomic E-state index is 5.91. The summed E-state index contributed by atoms with van der Waals surface area (Å²) in [7, 11) is 0. The molecule has 0 bridgehead atoms. The van der Waals surface area contributed by atoms with Crippen LogP contribution in [0.2, 0.25) is 5.15 Å². The van der Waals surface area contributed by atoms with Gasteiger partial charge in [0.15, 0.2) is 0 Å². The Morgan fingerprint density at radius 3 is 3.00 bits per heavy atom. The van der Waals surface area contributed by atoms with E-state index in [4.69, 9.17) is 16.3 Å². The molecule has 1 aliphatic heterocycles. The molecule has 0 amide bonds. The molecule has 1 unspecified atom stereocenters. The van der Waals surface area contributed by atoms with Gasteiger partial charge in [-0.1, -0.05) is 11.6 Å². The van der Waals surface area contributed by atoms with Crippen LogP contribution in [0.4, 0.5) is 0 Å². The Morgan fingerprint density at radius 1 is 1.75 bits per heavy atom. The average molecular weight is 249 g/mol. The van der Waals surface area contributed by atoms with Gasteiger partial charge in [-0.2, -0.15) is 0 Å². The number of halogens is 2. The second kappa shape index (κ2) is 2.69. The topological polar surface area (TPSA) is 25.4 Å². The van der Waals surface area contributed by atoms with E-state index in [0.29, 0.717) is 5.15 Å². The number of hydrogen-bond donors (Lipinski definition) is 0. The van der Waals surface area contributed by atoms with Crippen molar-refractivity contribution in [3.63, 3.8) is 0 Å². The first-order valence-corrected chi connectivity index (χ1v) is 4.74. The predicted molar refractivity (Wildman–Crippen MR) is 50.3 cm³/mol. The van der Waals surface area contributed by atoms with E-state index in [2.05, 4.69) is 20.9 Å². The first-order valence-electron chi connectivity index (χ1n) is 3.57. The molecule has 0 aromatic carbocycles. The molecular formula is C8H7BrClNO. The molecule has 1 aromatic rings. The van der Waals surface area contributed by atoms with Crippen molar-refractivity contribution in [3.8, 4) is 0 Å². The van der Waals surface area contributed by atoms with E-state index in [1.165, 1.54) is 0 Å². The van der Waals surface area contributed by atoms with Crippen LogP contribution in [0.3, 0.4) is 0 Å². The Hall–Kier alpha value is -0.120. The van der Waals surface area contributed by atoms with Gasteiger partial charge in [-0.05, 0) is 28.9 Å². The van der Waals surface area contributed by atoms with Gasteiger partial charge < -0.3 is 4.74 Å². The smallest absolute Gasteiger partial charge is 0.135 e. The molecule has 0 radical (unpaired) electrons. The van der Waals surface area contributed by atoms with E-state index in [0.717, 1.165) is 16.6 Å². The van der Waals surface area contributed by atoms with Crippen LogP contribution in [-0.2, 0) is 10.3 Å². The Morgan fingerprint density at radius 2 is 2.42 bits per heavy atom. The molecule has 4 heteroatoms. The van der Waals surface area contributed by atoms with Gasteiger partial charge in [-0.25, -0.2) is 4.98 Å². The van der Waals surface area contributed by atoms with Crippen molar-refractivity contribution >= 4 is 27.5 Å². The van der Waals surface area contributed by atoms with Crippen molar-refractivity contribution in [1.29, 1.82) is 0 Å². The van der Waals surface area contributed by atoms with Crippen LogP contribution in [-0.4, -0.2) is 11.6 Å². The molecule has 12 heavy (non-hydrogen) atoms. The number of aromatic nitrogens is 1. The van der Waals surface area contributed by atoms with Crippen molar-refractivity contribution in [1.82, 2.24) is 4.98 Å². The molecular weight excluding hydrogens is 241 g/mol. The van der Waals surface area contributed by atoms with E-state index >= 15 is 0 Å². The van der Waals surface area contributed by atoms with Crippen LogP contribution >= 0.6 is 27.5 Å². The maximum atomic E-state index is 5.91. The largest absolute Gasteiger partial charge is 0.365 e. The van der Waals surface area contributed by atoms with E-state index in [1.807, 2.05) is 13.0 Å². The first-order chi connectivity index (χ1) is 5.62. The predicted octanol–water partition coefficient (Wildman–Crippen LogP) is 2.74. The molecule has 0 spiro atoms. The van der Waals surface area contributed by atoms with E-state index in [9.17, 15) is 0 Å². The molecule has 1 aliphatic rings. The average Bonchev–Trinajstić information content (AvgIpc) is 2.75. The van der Waals surface area contributed by atoms with Crippen molar-refractivity contribution in [3.05, 3.63) is 27.5 Å². The van der Waals surface area contributed by atoms with Crippen LogP contribution in [0.1, 0.15) is 12.5 Å². The summed E-state index contributed by atoms with van der Waals surface area (Å²) in [5.41, 5.74) is 0.756. The molecule has 2 heterocycles. The van der Waals surface area contributed by atoms with Crippen molar-refractivity contribution in [2.75, 3.05) is 6.61 Å². The van der Waals surface area contributed by atoms with Gasteiger partial charge in [0, 0.05) is 16.2 Å². The summed E-state index contributed by atoms with van der Waals surface area (Å²) in [6.07, 6.45) is 1.68. The Kier molecular flexibility index (Phi) is 1.90. The van der Waals surface area contributed by atoms with Crippen molar-refractivity contribution < 1.29 is 4.74 Å². The Balaban J connectivity index is 2.48. The quantitative estimate of drug-likeness (QED) is 0.564. The summed E-state index contributed by atoms with van der Waals surface area (Å²) < 4.78 is 6.20. The van der Waals surface area contributed by atoms with Gasteiger partial charge >= 0.3 is 0 Å². The standard InChI is InChI=1S/C8H7BrClNO/c1-8(4-12-8)6-2-5(9)3-11-7(6)10/h2-3H,4H2,1H3. The van der Waals surface area contributed by atoms with Crippen molar-refractivity contribution in [2.45, 2.75) is 12.5 Å². The molecule has 0 saturated carbocycles. The number of rotatable bonds is 1. The number of nitrogens with zero attached hydrogens (tertiary/aromatic N) is 1. The SMILES string of the molecule is CC1(c2cc(Br)cnc2Cl)CO1. The summed E-state index contributed by atoms with van der Waals surface area (Å²) >= 11 is 9.25. The third kappa shape index (κ3) is 1.37. The minimum absolute atomic E-state index is 0.201. The highest BCUT2D eigenvalue weighted by Crippen LogP contribution is 2.41. The third-order valence-electron chi connectivity index (χ3n) is 1.95. The number of hydrogen-bond acceptors (Lipinski definition) is 2. The zero-order valence-corrected chi connectivity index (χ0v) is 8.82. The number of epoxide rings is 1. The molecule has 2 nitrogen and oxygen atoms in total. The first kappa shape index (κ1) is 8.48. The monoisotopic (exact) mass is 247 g/mol. The van der Waals surface area contributed by atoms with Gasteiger partial charge in [0.1, 0.15) is 10.8 Å². The van der Waals surface area contributed by atoms with Crippen LogP contribution < -0.4 is 0 Å². The lowest BCUT2D eigenvalue weighted by Gasteiger charge is -2.06. The number of ether oxygens (including phenoxy) is 1. The van der Waals surface area contributed by atoms with Gasteiger partial charge in [-0.15, -0.1) is 0 Å². The highest BCUT2D eigenvalue weighted by atomic mass is 79.9. The van der Waals surface area contributed by atoms with Crippen LogP contribution in [0.15, 0.2) is 16.7 Å². The Bertz CT molecular complexity index is 325. The fourth-order valence-corrected chi connectivity index (χ4v) is 1.69. The van der Waals surface area contributed by atoms with Crippen molar-refractivity contribution in [2.24, 2.45) is 0 Å². The lowest BCUT2D eigenvalue weighted by atomic mass is 10.1. The van der Waals surface area contributed by atoms with Crippen LogP contribution in [0.25, 0.3) is 0 Å². The summed E-state index contributed by atoms with van der Waals surface area (Å²) in [6.45, 7) is 2.73. The van der Waals surface area contributed by atoms with E-state index in [1.54, 1.807) is 6.20 Å². The van der Waals surface area contributed by atoms with Gasteiger partial charge in [0.2, 0.25) is 0 Å². The molecule has 1 atom stereocenters. The summed E-state index contributed by atoms with van der Waals surface area (Å²) in [5, 5.41) is 0.526. The van der Waals surface area contributed by atoms with Crippen LogP contribution in [0, 0.1) is 0 Å². The molecule has 1 saturated heterocycles. The fraction of sp³-hybridized carbons (Fsp3) is 0.375. The molecule has 0 aliphatic carbocycles. The highest BCUT2D eigenvalue weighted by Gasteiger charge is 2.43.